The summed E-state index contributed by atoms with van der Waals surface area (Å²) in [4.78, 5) is 24.5. The van der Waals surface area contributed by atoms with Gasteiger partial charge in [-0.3, -0.25) is 14.9 Å². The molecule has 1 heterocycles. The highest BCUT2D eigenvalue weighted by Gasteiger charge is 2.25. The van der Waals surface area contributed by atoms with Gasteiger partial charge in [-0.25, -0.2) is 0 Å². The first-order chi connectivity index (χ1) is 15.0. The van der Waals surface area contributed by atoms with Gasteiger partial charge in [0.25, 0.3) is 5.69 Å². The highest BCUT2D eigenvalue weighted by molar-refractivity contribution is 8.04. The van der Waals surface area contributed by atoms with Crippen LogP contribution in [0.3, 0.4) is 0 Å². The maximum absolute atomic E-state index is 12.6. The van der Waals surface area contributed by atoms with E-state index in [9.17, 15) is 20.2 Å². The van der Waals surface area contributed by atoms with Gasteiger partial charge in [0, 0.05) is 22.6 Å². The summed E-state index contributed by atoms with van der Waals surface area (Å²) in [5.74, 6) is 0.882. The lowest BCUT2D eigenvalue weighted by molar-refractivity contribution is -0.384. The number of nitriles is 1. The van der Waals surface area contributed by atoms with Crippen LogP contribution in [0.5, 0.6) is 17.2 Å². The van der Waals surface area contributed by atoms with Crippen LogP contribution in [0.25, 0.3) is 6.08 Å². The van der Waals surface area contributed by atoms with Crippen LogP contribution >= 0.6 is 11.8 Å². The average Bonchev–Trinajstić information content (AvgIpc) is 3.10. The van der Waals surface area contributed by atoms with Gasteiger partial charge in [0.15, 0.2) is 11.5 Å². The smallest absolute Gasteiger partial charge is 0.271 e. The zero-order valence-electron chi connectivity index (χ0n) is 16.2. The minimum absolute atomic E-state index is 0.0237. The molecule has 3 aromatic carbocycles. The van der Waals surface area contributed by atoms with E-state index in [4.69, 9.17) is 9.47 Å². The summed E-state index contributed by atoms with van der Waals surface area (Å²) in [6.45, 7) is 0. The van der Waals surface area contributed by atoms with Crippen molar-refractivity contribution in [3.8, 4) is 23.3 Å². The summed E-state index contributed by atoms with van der Waals surface area (Å²) in [7, 11) is 1.48. The predicted octanol–water partition coefficient (Wildman–Crippen LogP) is 5.60. The molecule has 0 aliphatic carbocycles. The molecule has 3 aromatic rings. The van der Waals surface area contributed by atoms with Crippen molar-refractivity contribution < 1.29 is 19.2 Å². The fraction of sp³-hybridized carbons (Fsp3) is 0.0435. The van der Waals surface area contributed by atoms with Crippen LogP contribution in [0.1, 0.15) is 21.5 Å². The third-order valence-electron chi connectivity index (χ3n) is 4.58. The summed E-state index contributed by atoms with van der Waals surface area (Å²) >= 11 is 1.42. The van der Waals surface area contributed by atoms with Crippen LogP contribution < -0.4 is 9.47 Å². The second-order valence-electron chi connectivity index (χ2n) is 6.50. The number of methoxy groups -OCH3 is 1. The van der Waals surface area contributed by atoms with Gasteiger partial charge in [0.1, 0.15) is 17.4 Å². The molecule has 0 saturated heterocycles. The lowest BCUT2D eigenvalue weighted by atomic mass is 10.1. The molecule has 1 aliphatic heterocycles. The second kappa shape index (κ2) is 8.34. The Morgan fingerprint density at radius 3 is 2.55 bits per heavy atom. The van der Waals surface area contributed by atoms with Crippen LogP contribution in [-0.2, 0) is 0 Å². The normalized spacial score (nSPS) is 13.5. The molecule has 0 N–H and O–H groups in total. The number of hydrogen-bond donors (Lipinski definition) is 0. The van der Waals surface area contributed by atoms with E-state index in [1.165, 1.54) is 31.0 Å². The quantitative estimate of drug-likeness (QED) is 0.295. The van der Waals surface area contributed by atoms with E-state index in [0.717, 1.165) is 16.5 Å². The number of nitro groups is 1. The van der Waals surface area contributed by atoms with Gasteiger partial charge in [0.2, 0.25) is 5.78 Å². The summed E-state index contributed by atoms with van der Waals surface area (Å²) in [6, 6.07) is 18.3. The number of allylic oxidation sites excluding steroid dienone is 1. The molecule has 0 fully saturated rings. The van der Waals surface area contributed by atoms with E-state index in [-0.39, 0.29) is 22.8 Å². The average molecular weight is 430 g/mol. The molecular formula is C23H14N2O5S. The van der Waals surface area contributed by atoms with Crippen molar-refractivity contribution >= 4 is 29.3 Å². The lowest BCUT2D eigenvalue weighted by Crippen LogP contribution is -1.96. The molecule has 0 atom stereocenters. The van der Waals surface area contributed by atoms with E-state index in [2.05, 4.69) is 0 Å². The first kappa shape index (κ1) is 20.2. The van der Waals surface area contributed by atoms with Crippen molar-refractivity contribution in [2.45, 2.75) is 4.90 Å². The van der Waals surface area contributed by atoms with Crippen molar-refractivity contribution in [2.75, 3.05) is 7.11 Å². The number of nitro benzene ring substituents is 1. The Morgan fingerprint density at radius 2 is 1.84 bits per heavy atom. The number of ketones is 1. The molecule has 7 nitrogen and oxygen atoms in total. The van der Waals surface area contributed by atoms with Crippen LogP contribution in [0, 0.1) is 21.4 Å². The summed E-state index contributed by atoms with van der Waals surface area (Å²) in [5.41, 5.74) is 1.27. The summed E-state index contributed by atoms with van der Waals surface area (Å²) < 4.78 is 11.2. The first-order valence-electron chi connectivity index (χ1n) is 9.08. The molecule has 0 unspecified atom stereocenters. The molecule has 1 aliphatic rings. The van der Waals surface area contributed by atoms with Crippen molar-refractivity contribution in [3.63, 3.8) is 0 Å². The van der Waals surface area contributed by atoms with Gasteiger partial charge in [-0.2, -0.15) is 5.26 Å². The Bertz CT molecular complexity index is 1290. The van der Waals surface area contributed by atoms with E-state index in [0.29, 0.717) is 22.0 Å². The Morgan fingerprint density at radius 1 is 1.06 bits per heavy atom. The number of ether oxygens (including phenoxy) is 2. The summed E-state index contributed by atoms with van der Waals surface area (Å²) in [5, 5.41) is 20.2. The number of thioether (sulfide) groups is 1. The SMILES string of the molecule is COc1cc(C=C2Sc3ccccc3C2=O)ccc1Oc1ccc([N+](=O)[O-])cc1C#N. The number of carbonyl (C=O) groups excluding carboxylic acids is 1. The molecule has 0 spiro atoms. The Hall–Kier alpha value is -4.09. The standard InChI is InChI=1S/C23H14N2O5S/c1-29-20-10-14(11-22-23(26)17-4-2-3-5-21(17)31-22)6-8-19(20)30-18-9-7-16(25(27)28)12-15(18)13-24/h2-12H,1H3. The molecule has 0 aromatic heterocycles. The minimum atomic E-state index is -0.575. The largest absolute Gasteiger partial charge is 0.493 e. The van der Waals surface area contributed by atoms with Gasteiger partial charge < -0.3 is 9.47 Å². The van der Waals surface area contributed by atoms with Gasteiger partial charge >= 0.3 is 0 Å². The third kappa shape index (κ3) is 3.99. The fourth-order valence-corrected chi connectivity index (χ4v) is 4.12. The Balaban J connectivity index is 1.62. The van der Waals surface area contributed by atoms with E-state index in [1.807, 2.05) is 24.3 Å². The number of fused-ring (bicyclic) bond motifs is 1. The maximum atomic E-state index is 12.6. The zero-order chi connectivity index (χ0) is 22.0. The lowest BCUT2D eigenvalue weighted by Gasteiger charge is -2.12. The number of non-ortho nitro benzene ring substituents is 1. The van der Waals surface area contributed by atoms with Crippen molar-refractivity contribution in [3.05, 3.63) is 92.4 Å². The van der Waals surface area contributed by atoms with Gasteiger partial charge in [-0.15, -0.1) is 0 Å². The first-order valence-corrected chi connectivity index (χ1v) is 9.89. The summed E-state index contributed by atoms with van der Waals surface area (Å²) in [6.07, 6.45) is 1.78. The van der Waals surface area contributed by atoms with Crippen molar-refractivity contribution in [1.29, 1.82) is 5.26 Å². The third-order valence-corrected chi connectivity index (χ3v) is 5.67. The van der Waals surface area contributed by atoms with Gasteiger partial charge in [-0.1, -0.05) is 30.0 Å². The fourth-order valence-electron chi connectivity index (χ4n) is 3.07. The topological polar surface area (TPSA) is 102 Å². The Kier molecular flexibility index (Phi) is 5.43. The number of carbonyl (C=O) groups is 1. The van der Waals surface area contributed by atoms with Crippen LogP contribution in [0.15, 0.2) is 70.5 Å². The zero-order valence-corrected chi connectivity index (χ0v) is 17.0. The molecule has 0 bridgehead atoms. The number of benzene rings is 3. The predicted molar refractivity (Wildman–Crippen MR) is 115 cm³/mol. The molecule has 31 heavy (non-hydrogen) atoms. The molecule has 0 amide bonds. The van der Waals surface area contributed by atoms with Crippen molar-refractivity contribution in [2.24, 2.45) is 0 Å². The van der Waals surface area contributed by atoms with Crippen LogP contribution in [0.4, 0.5) is 5.69 Å². The van der Waals surface area contributed by atoms with Crippen LogP contribution in [0.2, 0.25) is 0 Å². The maximum Gasteiger partial charge on any atom is 0.271 e. The van der Waals surface area contributed by atoms with E-state index < -0.39 is 4.92 Å². The molecule has 0 radical (unpaired) electrons. The van der Waals surface area contributed by atoms with Gasteiger partial charge in [-0.05, 0) is 42.0 Å². The number of rotatable bonds is 5. The number of hydrogen-bond acceptors (Lipinski definition) is 7. The van der Waals surface area contributed by atoms with E-state index >= 15 is 0 Å². The number of nitrogens with zero attached hydrogens (tertiary/aromatic N) is 2. The monoisotopic (exact) mass is 430 g/mol. The van der Waals surface area contributed by atoms with E-state index in [1.54, 1.807) is 30.3 Å². The number of Topliss-reactive ketones (excluding diaryl/α,β-unsaturated/α-hetero) is 1. The molecule has 4 rings (SSSR count). The van der Waals surface area contributed by atoms with Gasteiger partial charge in [0.05, 0.1) is 16.9 Å². The minimum Gasteiger partial charge on any atom is -0.493 e. The van der Waals surface area contributed by atoms with Crippen LogP contribution in [-0.4, -0.2) is 17.8 Å². The highest BCUT2D eigenvalue weighted by Crippen LogP contribution is 2.41. The molecule has 8 heteroatoms. The second-order valence-corrected chi connectivity index (χ2v) is 7.58. The molecule has 0 saturated carbocycles. The highest BCUT2D eigenvalue weighted by atomic mass is 32.2. The molecular weight excluding hydrogens is 416 g/mol. The van der Waals surface area contributed by atoms with Crippen molar-refractivity contribution in [1.82, 2.24) is 0 Å². The Labute approximate surface area is 181 Å². The molecule has 152 valence electrons.